The van der Waals surface area contributed by atoms with Crippen molar-refractivity contribution in [3.63, 3.8) is 0 Å². The number of nitrogens with one attached hydrogen (secondary N) is 2. The summed E-state index contributed by atoms with van der Waals surface area (Å²) in [5, 5.41) is 18.2. The van der Waals surface area contributed by atoms with E-state index in [4.69, 9.17) is 0 Å². The van der Waals surface area contributed by atoms with Gasteiger partial charge in [0, 0.05) is 47.0 Å². The van der Waals surface area contributed by atoms with Crippen molar-refractivity contribution in [3.8, 4) is 5.75 Å². The third-order valence-corrected chi connectivity index (χ3v) is 3.94. The zero-order chi connectivity index (χ0) is 21.3. The molecule has 3 aromatic rings. The molecule has 3 N–H and O–H groups in total. The molecule has 0 saturated heterocycles. The van der Waals surface area contributed by atoms with Crippen LogP contribution in [0.2, 0.25) is 0 Å². The van der Waals surface area contributed by atoms with Crippen LogP contribution >= 0.6 is 0 Å². The van der Waals surface area contributed by atoms with Crippen molar-refractivity contribution in [2.24, 2.45) is 10.2 Å². The summed E-state index contributed by atoms with van der Waals surface area (Å²) in [6.45, 7) is 1.83. The Hall–Kier alpha value is -4.40. The van der Waals surface area contributed by atoms with Gasteiger partial charge in [-0.25, -0.2) is 10.9 Å². The van der Waals surface area contributed by atoms with Crippen molar-refractivity contribution in [3.05, 3.63) is 89.0 Å². The fraction of sp³-hybridized carbons (Fsp3) is 0.0476. The van der Waals surface area contributed by atoms with Crippen molar-refractivity contribution in [2.75, 3.05) is 0 Å². The second-order valence-corrected chi connectivity index (χ2v) is 6.16. The van der Waals surface area contributed by atoms with Crippen molar-refractivity contribution in [2.45, 2.75) is 6.92 Å². The molecule has 0 fully saturated rings. The lowest BCUT2D eigenvalue weighted by atomic mass is 10.1. The number of carbonyl (C=O) groups excluding carboxylic acids is 2. The van der Waals surface area contributed by atoms with E-state index in [0.717, 1.165) is 5.56 Å². The second kappa shape index (κ2) is 9.69. The molecule has 0 aliphatic heterocycles. The molecule has 0 radical (unpaired) electrons. The number of aromatic nitrogens is 2. The second-order valence-electron chi connectivity index (χ2n) is 6.16. The molecule has 0 spiro atoms. The highest BCUT2D eigenvalue weighted by molar-refractivity contribution is 5.97. The average molecular weight is 402 g/mol. The molecule has 0 saturated carbocycles. The van der Waals surface area contributed by atoms with E-state index in [-0.39, 0.29) is 5.75 Å². The maximum atomic E-state index is 12.0. The first-order chi connectivity index (χ1) is 14.5. The highest BCUT2D eigenvalue weighted by Crippen LogP contribution is 2.21. The predicted octanol–water partition coefficient (Wildman–Crippen LogP) is 2.02. The van der Waals surface area contributed by atoms with Crippen LogP contribution in [0.3, 0.4) is 0 Å². The van der Waals surface area contributed by atoms with E-state index >= 15 is 0 Å². The van der Waals surface area contributed by atoms with Gasteiger partial charge in [-0.2, -0.15) is 10.2 Å². The van der Waals surface area contributed by atoms with Gasteiger partial charge in [0.25, 0.3) is 11.8 Å². The van der Waals surface area contributed by atoms with E-state index in [1.807, 2.05) is 6.92 Å². The highest BCUT2D eigenvalue weighted by atomic mass is 16.3. The van der Waals surface area contributed by atoms with Crippen LogP contribution in [0.5, 0.6) is 5.75 Å². The van der Waals surface area contributed by atoms with Crippen LogP contribution in [0.25, 0.3) is 0 Å². The number of phenolic OH excluding ortho intramolecular Hbond substituents is 1. The van der Waals surface area contributed by atoms with E-state index in [2.05, 4.69) is 31.0 Å². The number of phenols is 1. The summed E-state index contributed by atoms with van der Waals surface area (Å²) in [6, 6.07) is 9.63. The van der Waals surface area contributed by atoms with Crippen molar-refractivity contribution in [1.29, 1.82) is 0 Å². The van der Waals surface area contributed by atoms with Crippen LogP contribution in [-0.4, -0.2) is 39.3 Å². The lowest BCUT2D eigenvalue weighted by molar-refractivity contribution is 0.0947. The summed E-state index contributed by atoms with van der Waals surface area (Å²) in [6.07, 6.45) is 8.67. The summed E-state index contributed by atoms with van der Waals surface area (Å²) >= 11 is 0. The highest BCUT2D eigenvalue weighted by Gasteiger charge is 2.08. The van der Waals surface area contributed by atoms with Crippen LogP contribution in [0.4, 0.5) is 0 Å². The van der Waals surface area contributed by atoms with E-state index in [9.17, 15) is 14.7 Å². The van der Waals surface area contributed by atoms with Crippen LogP contribution in [0.15, 0.2) is 71.4 Å². The molecule has 2 aromatic heterocycles. The number of nitrogens with zero attached hydrogens (tertiary/aromatic N) is 4. The molecule has 9 nitrogen and oxygen atoms in total. The fourth-order valence-electron chi connectivity index (χ4n) is 2.49. The summed E-state index contributed by atoms with van der Waals surface area (Å²) in [5.74, 6) is -0.896. The molecule has 0 aliphatic rings. The molecule has 0 unspecified atom stereocenters. The molecule has 0 atom stereocenters. The Morgan fingerprint density at radius 1 is 0.833 bits per heavy atom. The van der Waals surface area contributed by atoms with Gasteiger partial charge in [-0.05, 0) is 48.9 Å². The minimum absolute atomic E-state index is 0.0931. The molecular formula is C21H18N6O3. The zero-order valence-corrected chi connectivity index (χ0v) is 16.0. The lowest BCUT2D eigenvalue weighted by Crippen LogP contribution is -2.17. The number of benzene rings is 1. The molecular weight excluding hydrogens is 384 g/mol. The molecule has 2 heterocycles. The monoisotopic (exact) mass is 402 g/mol. The maximum absolute atomic E-state index is 12.0. The van der Waals surface area contributed by atoms with Crippen LogP contribution in [0.1, 0.15) is 37.4 Å². The standard InChI is InChI=1S/C21H18N6O3/c1-14-10-17(12-24-26-20(29)15-2-6-22-7-3-15)19(28)18(11-14)13-25-27-21(30)16-4-8-23-9-5-16/h2-13,28H,1H3,(H,26,29)(H,27,30)/b24-12+,25-13+. The van der Waals surface area contributed by atoms with Gasteiger partial charge >= 0.3 is 0 Å². The van der Waals surface area contributed by atoms with Gasteiger partial charge in [-0.15, -0.1) is 0 Å². The minimum Gasteiger partial charge on any atom is -0.507 e. The number of hydrogen-bond donors (Lipinski definition) is 3. The number of aryl methyl sites for hydroxylation is 1. The molecule has 3 rings (SSSR count). The van der Waals surface area contributed by atoms with Gasteiger partial charge in [0.05, 0.1) is 12.4 Å². The summed E-state index contributed by atoms with van der Waals surface area (Å²) in [7, 11) is 0. The number of pyridine rings is 2. The van der Waals surface area contributed by atoms with Crippen molar-refractivity contribution >= 4 is 24.2 Å². The average Bonchev–Trinajstić information content (AvgIpc) is 2.77. The molecule has 2 amide bonds. The van der Waals surface area contributed by atoms with E-state index in [0.29, 0.717) is 22.3 Å². The fourth-order valence-corrected chi connectivity index (χ4v) is 2.49. The number of aromatic hydroxyl groups is 1. The third kappa shape index (κ3) is 5.32. The Bertz CT molecular complexity index is 1010. The Kier molecular flexibility index (Phi) is 6.57. The van der Waals surface area contributed by atoms with Gasteiger partial charge < -0.3 is 5.11 Å². The molecule has 1 aromatic carbocycles. The first kappa shape index (κ1) is 20.3. The van der Waals surface area contributed by atoms with Crippen LogP contribution in [-0.2, 0) is 0 Å². The SMILES string of the molecule is Cc1cc(/C=N/NC(=O)c2ccncc2)c(O)c(/C=N/NC(=O)c2ccncc2)c1. The van der Waals surface area contributed by atoms with Crippen molar-refractivity contribution in [1.82, 2.24) is 20.8 Å². The number of rotatable bonds is 6. The van der Waals surface area contributed by atoms with E-state index in [1.54, 1.807) is 36.4 Å². The quantitative estimate of drug-likeness (QED) is 0.429. The van der Waals surface area contributed by atoms with E-state index in [1.165, 1.54) is 37.2 Å². The molecule has 30 heavy (non-hydrogen) atoms. The normalized spacial score (nSPS) is 11.0. The molecule has 0 bridgehead atoms. The Morgan fingerprint density at radius 3 is 1.63 bits per heavy atom. The Morgan fingerprint density at radius 2 is 1.23 bits per heavy atom. The largest absolute Gasteiger partial charge is 0.507 e. The zero-order valence-electron chi connectivity index (χ0n) is 16.0. The molecule has 0 aliphatic carbocycles. The van der Waals surface area contributed by atoms with Crippen molar-refractivity contribution < 1.29 is 14.7 Å². The molecule has 9 heteroatoms. The first-order valence-corrected chi connectivity index (χ1v) is 8.85. The van der Waals surface area contributed by atoms with Gasteiger partial charge in [-0.1, -0.05) is 0 Å². The van der Waals surface area contributed by atoms with Crippen LogP contribution < -0.4 is 10.9 Å². The first-order valence-electron chi connectivity index (χ1n) is 8.85. The van der Waals surface area contributed by atoms with Gasteiger partial charge in [0.2, 0.25) is 0 Å². The topological polar surface area (TPSA) is 129 Å². The summed E-state index contributed by atoms with van der Waals surface area (Å²) in [5.41, 5.74) is 7.19. The summed E-state index contributed by atoms with van der Waals surface area (Å²) < 4.78 is 0. The summed E-state index contributed by atoms with van der Waals surface area (Å²) in [4.78, 5) is 31.7. The predicted molar refractivity (Wildman–Crippen MR) is 111 cm³/mol. The Labute approximate surface area is 172 Å². The lowest BCUT2D eigenvalue weighted by Gasteiger charge is -2.06. The number of amides is 2. The van der Waals surface area contributed by atoms with Gasteiger partial charge in [0.15, 0.2) is 0 Å². The Balaban J connectivity index is 1.68. The van der Waals surface area contributed by atoms with Gasteiger partial charge in [-0.3, -0.25) is 19.6 Å². The van der Waals surface area contributed by atoms with Gasteiger partial charge in [0.1, 0.15) is 5.75 Å². The number of carbonyl (C=O) groups is 2. The third-order valence-electron chi connectivity index (χ3n) is 3.94. The number of hydrogen-bond acceptors (Lipinski definition) is 7. The van der Waals surface area contributed by atoms with Crippen LogP contribution in [0, 0.1) is 6.92 Å². The minimum atomic E-state index is -0.401. The number of hydrazone groups is 2. The molecule has 150 valence electrons. The smallest absolute Gasteiger partial charge is 0.271 e. The maximum Gasteiger partial charge on any atom is 0.271 e. The van der Waals surface area contributed by atoms with E-state index < -0.39 is 11.8 Å².